The summed E-state index contributed by atoms with van der Waals surface area (Å²) in [6, 6.07) is 17.5. The third-order valence-electron chi connectivity index (χ3n) is 2.19. The molecule has 0 radical (unpaired) electrons. The molecule has 0 aliphatic rings. The molecular formula is C15H19N3. The van der Waals surface area contributed by atoms with Gasteiger partial charge in [0.05, 0.1) is 11.4 Å². The molecule has 0 aliphatic carbocycles. The van der Waals surface area contributed by atoms with Crippen molar-refractivity contribution in [3.63, 3.8) is 0 Å². The summed E-state index contributed by atoms with van der Waals surface area (Å²) in [5, 5.41) is 11.3. The number of rotatable bonds is 3. The second-order valence-electron chi connectivity index (χ2n) is 3.33. The number of nitrogens with zero attached hydrogens (tertiary/aromatic N) is 2. The molecule has 94 valence electrons. The zero-order valence-electron chi connectivity index (χ0n) is 11.1. The summed E-state index contributed by atoms with van der Waals surface area (Å²) in [6.07, 6.45) is 0. The lowest BCUT2D eigenvalue weighted by Gasteiger charge is -1.98. The maximum absolute atomic E-state index is 4.15. The van der Waals surface area contributed by atoms with Crippen LogP contribution in [0.5, 0.6) is 0 Å². The lowest BCUT2D eigenvalue weighted by Crippen LogP contribution is -1.84. The van der Waals surface area contributed by atoms with E-state index in [1.807, 2.05) is 75.5 Å². The zero-order chi connectivity index (χ0) is 13.2. The van der Waals surface area contributed by atoms with Crippen molar-refractivity contribution < 1.29 is 0 Å². The average molecular weight is 241 g/mol. The van der Waals surface area contributed by atoms with Crippen molar-refractivity contribution in [2.45, 2.75) is 13.8 Å². The maximum atomic E-state index is 4.15. The Kier molecular flexibility index (Phi) is 6.19. The Morgan fingerprint density at radius 2 is 1.22 bits per heavy atom. The second kappa shape index (κ2) is 8.01. The van der Waals surface area contributed by atoms with Crippen LogP contribution in [-0.2, 0) is 0 Å². The van der Waals surface area contributed by atoms with Crippen LogP contribution in [0.3, 0.4) is 0 Å². The lowest BCUT2D eigenvalue weighted by atomic mass is 10.3. The number of anilines is 1. The van der Waals surface area contributed by atoms with Crippen LogP contribution in [0.15, 0.2) is 64.8 Å². The summed E-state index contributed by atoms with van der Waals surface area (Å²) < 4.78 is 0. The van der Waals surface area contributed by atoms with E-state index in [2.05, 4.69) is 15.5 Å². The smallest absolute Gasteiger partial charge is 0.0858 e. The summed E-state index contributed by atoms with van der Waals surface area (Å²) in [5.41, 5.74) is 2.78. The molecule has 0 heterocycles. The van der Waals surface area contributed by atoms with E-state index < -0.39 is 0 Å². The molecule has 0 amide bonds. The molecule has 2 aromatic rings. The Balaban J connectivity index is 0.000000771. The lowest BCUT2D eigenvalue weighted by molar-refractivity contribution is 1.23. The monoisotopic (exact) mass is 241 g/mol. The van der Waals surface area contributed by atoms with Gasteiger partial charge in [-0.25, -0.2) is 0 Å². The molecule has 2 rings (SSSR count). The topological polar surface area (TPSA) is 36.8 Å². The van der Waals surface area contributed by atoms with Crippen molar-refractivity contribution in [2.24, 2.45) is 10.2 Å². The van der Waals surface area contributed by atoms with Crippen LogP contribution < -0.4 is 5.32 Å². The van der Waals surface area contributed by atoms with Gasteiger partial charge in [0.2, 0.25) is 0 Å². The molecule has 3 nitrogen and oxygen atoms in total. The molecule has 0 atom stereocenters. The minimum atomic E-state index is 0.850. The van der Waals surface area contributed by atoms with Crippen LogP contribution in [0, 0.1) is 0 Å². The Labute approximate surface area is 109 Å². The summed E-state index contributed by atoms with van der Waals surface area (Å²) >= 11 is 0. The minimum absolute atomic E-state index is 0.850. The number of hydrogen-bond acceptors (Lipinski definition) is 3. The van der Waals surface area contributed by atoms with Gasteiger partial charge in [0, 0.05) is 12.7 Å². The number of hydrogen-bond donors (Lipinski definition) is 1. The number of nitrogens with one attached hydrogen (secondary N) is 1. The van der Waals surface area contributed by atoms with E-state index in [0.717, 1.165) is 17.1 Å². The van der Waals surface area contributed by atoms with Gasteiger partial charge >= 0.3 is 0 Å². The van der Waals surface area contributed by atoms with Crippen molar-refractivity contribution in [1.82, 2.24) is 0 Å². The fourth-order valence-electron chi connectivity index (χ4n) is 1.30. The van der Waals surface area contributed by atoms with E-state index in [1.54, 1.807) is 0 Å². The van der Waals surface area contributed by atoms with Gasteiger partial charge in [-0.15, -0.1) is 0 Å². The first-order valence-corrected chi connectivity index (χ1v) is 6.13. The van der Waals surface area contributed by atoms with Crippen molar-refractivity contribution >= 4 is 17.1 Å². The molecule has 3 heteroatoms. The molecule has 1 N–H and O–H groups in total. The molecule has 18 heavy (non-hydrogen) atoms. The molecule has 0 fully saturated rings. The number of benzene rings is 2. The van der Waals surface area contributed by atoms with Gasteiger partial charge in [0.25, 0.3) is 0 Å². The fourth-order valence-corrected chi connectivity index (χ4v) is 1.30. The van der Waals surface area contributed by atoms with Crippen molar-refractivity contribution in [3.05, 3.63) is 54.6 Å². The van der Waals surface area contributed by atoms with Gasteiger partial charge in [-0.3, -0.25) is 0 Å². The first-order chi connectivity index (χ1) is 8.88. The van der Waals surface area contributed by atoms with Gasteiger partial charge in [-0.1, -0.05) is 32.0 Å². The Bertz CT molecular complexity index is 461. The van der Waals surface area contributed by atoms with Crippen molar-refractivity contribution in [2.75, 3.05) is 12.4 Å². The van der Waals surface area contributed by atoms with Crippen LogP contribution in [0.4, 0.5) is 17.1 Å². The van der Waals surface area contributed by atoms with E-state index >= 15 is 0 Å². The quantitative estimate of drug-likeness (QED) is 0.739. The Hall–Kier alpha value is -2.16. The molecule has 0 spiro atoms. The predicted molar refractivity (Wildman–Crippen MR) is 78.0 cm³/mol. The second-order valence-corrected chi connectivity index (χ2v) is 3.33. The molecule has 0 aromatic heterocycles. The van der Waals surface area contributed by atoms with E-state index in [-0.39, 0.29) is 0 Å². The van der Waals surface area contributed by atoms with Crippen LogP contribution in [0.25, 0.3) is 0 Å². The molecule has 0 bridgehead atoms. The van der Waals surface area contributed by atoms with Crippen LogP contribution >= 0.6 is 0 Å². The number of azo groups is 1. The molecule has 2 aromatic carbocycles. The molecule has 0 unspecified atom stereocenters. The van der Waals surface area contributed by atoms with Crippen molar-refractivity contribution in [3.8, 4) is 0 Å². The van der Waals surface area contributed by atoms with Crippen LogP contribution in [0.2, 0.25) is 0 Å². The van der Waals surface area contributed by atoms with E-state index in [9.17, 15) is 0 Å². The largest absolute Gasteiger partial charge is 0.388 e. The summed E-state index contributed by atoms with van der Waals surface area (Å²) in [7, 11) is 1.89. The zero-order valence-corrected chi connectivity index (χ0v) is 11.1. The highest BCUT2D eigenvalue weighted by Gasteiger charge is 1.90. The highest BCUT2D eigenvalue weighted by molar-refractivity contribution is 5.50. The third-order valence-corrected chi connectivity index (χ3v) is 2.19. The summed E-state index contributed by atoms with van der Waals surface area (Å²) in [4.78, 5) is 0. The summed E-state index contributed by atoms with van der Waals surface area (Å²) in [6.45, 7) is 4.00. The van der Waals surface area contributed by atoms with Gasteiger partial charge in [-0.05, 0) is 36.4 Å². The van der Waals surface area contributed by atoms with Crippen LogP contribution in [0.1, 0.15) is 13.8 Å². The first kappa shape index (κ1) is 13.9. The van der Waals surface area contributed by atoms with E-state index in [0.29, 0.717) is 0 Å². The standard InChI is InChI=1S/C13H13N3.C2H6/c1-14-11-7-9-13(10-8-11)16-15-12-5-3-2-4-6-12;1-2/h2-10,14H,1H3;1-2H3. The van der Waals surface area contributed by atoms with Gasteiger partial charge in [0.15, 0.2) is 0 Å². The van der Waals surface area contributed by atoms with Gasteiger partial charge < -0.3 is 5.32 Å². The molecular weight excluding hydrogens is 222 g/mol. The molecule has 0 saturated carbocycles. The summed E-state index contributed by atoms with van der Waals surface area (Å²) in [5.74, 6) is 0. The van der Waals surface area contributed by atoms with Crippen LogP contribution in [-0.4, -0.2) is 7.05 Å². The Morgan fingerprint density at radius 3 is 1.72 bits per heavy atom. The SMILES string of the molecule is CC.CNc1ccc(N=Nc2ccccc2)cc1. The fraction of sp³-hybridized carbons (Fsp3) is 0.200. The minimum Gasteiger partial charge on any atom is -0.388 e. The first-order valence-electron chi connectivity index (χ1n) is 6.13. The average Bonchev–Trinajstić information content (AvgIpc) is 2.49. The highest BCUT2D eigenvalue weighted by atomic mass is 15.1. The van der Waals surface area contributed by atoms with Crippen molar-refractivity contribution in [1.29, 1.82) is 0 Å². The molecule has 0 aliphatic heterocycles. The predicted octanol–water partition coefficient (Wildman–Crippen LogP) is 5.17. The van der Waals surface area contributed by atoms with Gasteiger partial charge in [-0.2, -0.15) is 10.2 Å². The van der Waals surface area contributed by atoms with Gasteiger partial charge in [0.1, 0.15) is 0 Å². The third kappa shape index (κ3) is 4.37. The molecule has 0 saturated heterocycles. The highest BCUT2D eigenvalue weighted by Crippen LogP contribution is 2.19. The maximum Gasteiger partial charge on any atom is 0.0858 e. The van der Waals surface area contributed by atoms with E-state index in [4.69, 9.17) is 0 Å². The Morgan fingerprint density at radius 1 is 0.722 bits per heavy atom. The normalized spacial score (nSPS) is 9.72. The van der Waals surface area contributed by atoms with E-state index in [1.165, 1.54) is 0 Å².